The highest BCUT2D eigenvalue weighted by atomic mass is 15.1. The van der Waals surface area contributed by atoms with E-state index in [-0.39, 0.29) is 0 Å². The van der Waals surface area contributed by atoms with Gasteiger partial charge in [0.05, 0.1) is 46.9 Å². The molecule has 6 heterocycles. The van der Waals surface area contributed by atoms with Crippen molar-refractivity contribution in [1.82, 2.24) is 59.0 Å². The minimum Gasteiger partial charge on any atom is -0.293 e. The Kier molecular flexibility index (Phi) is 10.2. The average molecular weight is 951 g/mol. The van der Waals surface area contributed by atoms with Crippen LogP contribution >= 0.6 is 0 Å². The molecular formula is C62H38N12. The van der Waals surface area contributed by atoms with Crippen molar-refractivity contribution in [1.29, 1.82) is 0 Å². The molecule has 0 unspecified atom stereocenters. The smallest absolute Gasteiger partial charge is 0.184 e. The number of hydrogen-bond donors (Lipinski definition) is 0. The highest BCUT2D eigenvalue weighted by Crippen LogP contribution is 2.38. The lowest BCUT2D eigenvalue weighted by Gasteiger charge is -2.10. The fourth-order valence-electron chi connectivity index (χ4n) is 9.75. The van der Waals surface area contributed by atoms with Crippen LogP contribution in [0.3, 0.4) is 0 Å². The maximum Gasteiger partial charge on any atom is 0.184 e. The zero-order valence-corrected chi connectivity index (χ0v) is 39.3. The molecule has 12 nitrogen and oxygen atoms in total. The minimum absolute atomic E-state index is 0.446. The van der Waals surface area contributed by atoms with Gasteiger partial charge in [0.15, 0.2) is 46.6 Å². The molecule has 6 aromatic heterocycles. The van der Waals surface area contributed by atoms with Crippen molar-refractivity contribution < 1.29 is 0 Å². The van der Waals surface area contributed by atoms with Crippen LogP contribution in [0.25, 0.3) is 135 Å². The Balaban J connectivity index is 0.814. The molecule has 12 heteroatoms. The van der Waals surface area contributed by atoms with Gasteiger partial charge in [0, 0.05) is 43.8 Å². The van der Waals surface area contributed by atoms with Crippen molar-refractivity contribution in [2.24, 2.45) is 0 Å². The number of nitrogens with zero attached hydrogens (tertiary/aromatic N) is 12. The van der Waals surface area contributed by atoms with E-state index in [0.717, 1.165) is 77.0 Å². The lowest BCUT2D eigenvalue weighted by molar-refractivity contribution is 1.01. The second kappa shape index (κ2) is 17.7. The number of rotatable bonds is 9. The molecule has 0 radical (unpaired) electrons. The van der Waals surface area contributed by atoms with E-state index in [1.807, 2.05) is 121 Å². The number of aromatic nitrogens is 12. The third kappa shape index (κ3) is 7.49. The van der Waals surface area contributed by atoms with Gasteiger partial charge in [-0.05, 0) is 47.5 Å². The molecule has 0 aliphatic carbocycles. The molecule has 74 heavy (non-hydrogen) atoms. The van der Waals surface area contributed by atoms with Gasteiger partial charge in [-0.25, -0.2) is 49.8 Å². The summed E-state index contributed by atoms with van der Waals surface area (Å²) in [6, 6.07) is 69.7. The van der Waals surface area contributed by atoms with E-state index in [0.29, 0.717) is 58.0 Å². The quantitative estimate of drug-likeness (QED) is 0.137. The summed E-state index contributed by atoms with van der Waals surface area (Å²) in [5.41, 5.74) is 10.9. The van der Waals surface area contributed by atoms with Crippen LogP contribution < -0.4 is 0 Å². The zero-order chi connectivity index (χ0) is 49.0. The van der Waals surface area contributed by atoms with Gasteiger partial charge in [0.2, 0.25) is 0 Å². The normalized spacial score (nSPS) is 11.5. The first-order valence-electron chi connectivity index (χ1n) is 24.1. The Bertz CT molecular complexity index is 3990. The molecule has 0 N–H and O–H groups in total. The Labute approximate surface area is 423 Å². The maximum atomic E-state index is 5.00. The standard InChI is InChI=1S/C62H38N12/c1-5-17-39(18-6-1)57-67-58(40-19-7-2-8-20-40)70-61(69-57)49-35-65-55(37-63-49)73-51-27-15-13-25-45(51)47-33-43(29-31-53(47)73)44-30-32-54-48(34-44)46-26-14-16-28-52(46)74(54)56-38-64-50(36-66-56)62-71-59(41-21-9-3-10-22-41)68-60(72-62)42-23-11-4-12-24-42/h1-38H. The highest BCUT2D eigenvalue weighted by molar-refractivity contribution is 6.12. The van der Waals surface area contributed by atoms with Crippen LogP contribution in [0, 0.1) is 0 Å². The molecule has 0 saturated carbocycles. The minimum atomic E-state index is 0.446. The molecule has 14 aromatic rings. The van der Waals surface area contributed by atoms with E-state index in [4.69, 9.17) is 49.8 Å². The third-order valence-electron chi connectivity index (χ3n) is 13.3. The predicted molar refractivity (Wildman–Crippen MR) is 291 cm³/mol. The second-order valence-corrected chi connectivity index (χ2v) is 17.8. The number of benzene rings is 8. The van der Waals surface area contributed by atoms with Gasteiger partial charge in [-0.15, -0.1) is 0 Å². The summed E-state index contributed by atoms with van der Waals surface area (Å²) in [7, 11) is 0. The van der Waals surface area contributed by atoms with E-state index in [1.54, 1.807) is 24.8 Å². The van der Waals surface area contributed by atoms with Crippen molar-refractivity contribution in [2.75, 3.05) is 0 Å². The van der Waals surface area contributed by atoms with Gasteiger partial charge in [-0.2, -0.15) is 0 Å². The van der Waals surface area contributed by atoms with Gasteiger partial charge in [-0.3, -0.25) is 9.13 Å². The molecule has 14 rings (SSSR count). The van der Waals surface area contributed by atoms with Crippen LogP contribution in [-0.4, -0.2) is 59.0 Å². The monoisotopic (exact) mass is 950 g/mol. The van der Waals surface area contributed by atoms with Crippen LogP contribution in [0.2, 0.25) is 0 Å². The van der Waals surface area contributed by atoms with Crippen LogP contribution in [0.4, 0.5) is 0 Å². The van der Waals surface area contributed by atoms with E-state index < -0.39 is 0 Å². The summed E-state index contributed by atoms with van der Waals surface area (Å²) in [5, 5.41) is 4.42. The largest absolute Gasteiger partial charge is 0.293 e. The van der Waals surface area contributed by atoms with Crippen LogP contribution in [0.5, 0.6) is 0 Å². The highest BCUT2D eigenvalue weighted by Gasteiger charge is 2.20. The molecule has 0 atom stereocenters. The van der Waals surface area contributed by atoms with Crippen LogP contribution in [0.1, 0.15) is 0 Å². The van der Waals surface area contributed by atoms with Gasteiger partial charge in [0.1, 0.15) is 11.4 Å². The first kappa shape index (κ1) is 42.4. The summed E-state index contributed by atoms with van der Waals surface area (Å²) in [5.74, 6) is 4.52. The number of hydrogen-bond acceptors (Lipinski definition) is 10. The summed E-state index contributed by atoms with van der Waals surface area (Å²) in [6.07, 6.45) is 7.07. The summed E-state index contributed by atoms with van der Waals surface area (Å²) in [6.45, 7) is 0. The molecule has 0 bridgehead atoms. The van der Waals surface area contributed by atoms with Gasteiger partial charge >= 0.3 is 0 Å². The van der Waals surface area contributed by atoms with E-state index >= 15 is 0 Å². The molecule has 0 saturated heterocycles. The molecule has 346 valence electrons. The molecule has 0 aliphatic heterocycles. The third-order valence-corrected chi connectivity index (χ3v) is 13.3. The van der Waals surface area contributed by atoms with Crippen molar-refractivity contribution in [3.63, 3.8) is 0 Å². The topological polar surface area (TPSA) is 139 Å². The van der Waals surface area contributed by atoms with E-state index in [2.05, 4.69) is 94.1 Å². The molecular weight excluding hydrogens is 913 g/mol. The van der Waals surface area contributed by atoms with Gasteiger partial charge in [-0.1, -0.05) is 170 Å². The molecule has 0 amide bonds. The van der Waals surface area contributed by atoms with E-state index in [9.17, 15) is 0 Å². The van der Waals surface area contributed by atoms with Crippen molar-refractivity contribution in [2.45, 2.75) is 0 Å². The SMILES string of the molecule is c1ccc(-c2nc(-c3ccccc3)nc(-c3cnc(-n4c5ccccc5c5cc(-c6ccc7c(c6)c6ccccc6n7-c6cnc(-c7nc(-c8ccccc8)nc(-c8ccccc8)n7)cn6)ccc54)cn3)n2)cc1. The first-order valence-corrected chi connectivity index (χ1v) is 24.1. The Morgan fingerprint density at radius 1 is 0.230 bits per heavy atom. The number of fused-ring (bicyclic) bond motifs is 6. The number of para-hydroxylation sites is 2. The fraction of sp³-hybridized carbons (Fsp3) is 0. The summed E-state index contributed by atoms with van der Waals surface area (Å²) >= 11 is 0. The Morgan fingerprint density at radius 2 is 0.541 bits per heavy atom. The zero-order valence-electron chi connectivity index (χ0n) is 39.3. The Hall–Kier alpha value is -10.5. The fourth-order valence-corrected chi connectivity index (χ4v) is 9.75. The Morgan fingerprint density at radius 3 is 0.878 bits per heavy atom. The molecule has 8 aromatic carbocycles. The molecule has 0 fully saturated rings. The predicted octanol–water partition coefficient (Wildman–Crippen LogP) is 13.5. The van der Waals surface area contributed by atoms with Gasteiger partial charge in [0.25, 0.3) is 0 Å². The summed E-state index contributed by atoms with van der Waals surface area (Å²) in [4.78, 5) is 49.0. The van der Waals surface area contributed by atoms with Crippen molar-refractivity contribution in [3.05, 3.63) is 231 Å². The lowest BCUT2D eigenvalue weighted by Crippen LogP contribution is -2.03. The second-order valence-electron chi connectivity index (χ2n) is 17.8. The van der Waals surface area contributed by atoms with Crippen molar-refractivity contribution >= 4 is 43.6 Å². The molecule has 0 spiro atoms. The molecule has 0 aliphatic rings. The van der Waals surface area contributed by atoms with Gasteiger partial charge < -0.3 is 0 Å². The van der Waals surface area contributed by atoms with E-state index in [1.165, 1.54) is 0 Å². The van der Waals surface area contributed by atoms with Crippen molar-refractivity contribution in [3.8, 4) is 91.4 Å². The first-order chi connectivity index (χ1) is 36.7. The maximum absolute atomic E-state index is 5.00. The average Bonchev–Trinajstić information content (AvgIpc) is 4.02. The lowest BCUT2D eigenvalue weighted by atomic mass is 10.0. The van der Waals surface area contributed by atoms with Crippen LogP contribution in [-0.2, 0) is 0 Å². The van der Waals surface area contributed by atoms with Crippen LogP contribution in [0.15, 0.2) is 231 Å². The summed E-state index contributed by atoms with van der Waals surface area (Å²) < 4.78 is 4.33.